The SMILES string of the molecule is CC1CCN(c2ccc(NC(=O)c3ccc(Cl)cc3)cc2C(=O)NCCc2ccccc2)CC1. The third-order valence-corrected chi connectivity index (χ3v) is 6.52. The van der Waals surface area contributed by atoms with Crippen LogP contribution in [0.4, 0.5) is 11.4 Å². The Morgan fingerprint density at radius 1 is 0.941 bits per heavy atom. The van der Waals surface area contributed by atoms with Crippen molar-refractivity contribution in [3.8, 4) is 0 Å². The Kier molecular flexibility index (Phi) is 7.86. The quantitative estimate of drug-likeness (QED) is 0.454. The fraction of sp³-hybridized carbons (Fsp3) is 0.286. The van der Waals surface area contributed by atoms with E-state index >= 15 is 0 Å². The number of carbonyl (C=O) groups excluding carboxylic acids is 2. The van der Waals surface area contributed by atoms with Crippen LogP contribution in [-0.4, -0.2) is 31.4 Å². The Hall–Kier alpha value is -3.31. The number of halogens is 1. The van der Waals surface area contributed by atoms with E-state index in [1.807, 2.05) is 30.3 Å². The second kappa shape index (κ2) is 11.2. The van der Waals surface area contributed by atoms with Crippen LogP contribution in [0, 0.1) is 5.92 Å². The lowest BCUT2D eigenvalue weighted by atomic mass is 9.97. The maximum absolute atomic E-state index is 13.2. The lowest BCUT2D eigenvalue weighted by Gasteiger charge is -2.33. The van der Waals surface area contributed by atoms with Crippen LogP contribution in [0.1, 0.15) is 46.0 Å². The van der Waals surface area contributed by atoms with Gasteiger partial charge < -0.3 is 15.5 Å². The van der Waals surface area contributed by atoms with Gasteiger partial charge in [-0.05, 0) is 73.2 Å². The lowest BCUT2D eigenvalue weighted by Crippen LogP contribution is -2.35. The van der Waals surface area contributed by atoms with Crippen molar-refractivity contribution in [2.24, 2.45) is 5.92 Å². The molecule has 1 aliphatic rings. The fourth-order valence-electron chi connectivity index (χ4n) is 4.19. The molecular weight excluding hydrogens is 446 g/mol. The molecule has 2 amide bonds. The molecule has 1 saturated heterocycles. The molecule has 3 aromatic rings. The molecule has 0 unspecified atom stereocenters. The second-order valence-electron chi connectivity index (χ2n) is 8.85. The second-order valence-corrected chi connectivity index (χ2v) is 9.29. The number of nitrogens with zero attached hydrogens (tertiary/aromatic N) is 1. The molecule has 4 rings (SSSR count). The van der Waals surface area contributed by atoms with Gasteiger partial charge in [0.05, 0.1) is 5.56 Å². The van der Waals surface area contributed by atoms with Crippen LogP contribution >= 0.6 is 11.6 Å². The topological polar surface area (TPSA) is 61.4 Å². The molecule has 0 atom stereocenters. The molecule has 0 bridgehead atoms. The minimum atomic E-state index is -0.244. The largest absolute Gasteiger partial charge is 0.371 e. The highest BCUT2D eigenvalue weighted by atomic mass is 35.5. The van der Waals surface area contributed by atoms with Crippen LogP contribution in [0.2, 0.25) is 5.02 Å². The summed E-state index contributed by atoms with van der Waals surface area (Å²) in [5.74, 6) is 0.316. The zero-order valence-corrected chi connectivity index (χ0v) is 20.1. The van der Waals surface area contributed by atoms with Gasteiger partial charge in [0.25, 0.3) is 11.8 Å². The van der Waals surface area contributed by atoms with Crippen molar-refractivity contribution < 1.29 is 9.59 Å². The Bertz CT molecular complexity index is 1120. The number of carbonyl (C=O) groups is 2. The van der Waals surface area contributed by atoms with Gasteiger partial charge >= 0.3 is 0 Å². The molecule has 0 aliphatic carbocycles. The summed E-state index contributed by atoms with van der Waals surface area (Å²) in [7, 11) is 0. The molecule has 3 aromatic carbocycles. The number of benzene rings is 3. The Morgan fingerprint density at radius 2 is 1.65 bits per heavy atom. The summed E-state index contributed by atoms with van der Waals surface area (Å²) in [6.07, 6.45) is 2.96. The molecule has 0 radical (unpaired) electrons. The van der Waals surface area contributed by atoms with Crippen LogP contribution < -0.4 is 15.5 Å². The van der Waals surface area contributed by atoms with Gasteiger partial charge in [-0.2, -0.15) is 0 Å². The molecule has 176 valence electrons. The predicted octanol–water partition coefficient (Wildman–Crippen LogP) is 5.80. The number of anilines is 2. The van der Waals surface area contributed by atoms with Crippen LogP contribution in [0.25, 0.3) is 0 Å². The fourth-order valence-corrected chi connectivity index (χ4v) is 4.31. The lowest BCUT2D eigenvalue weighted by molar-refractivity contribution is 0.0953. The molecule has 1 aliphatic heterocycles. The van der Waals surface area contributed by atoms with E-state index in [1.54, 1.807) is 30.3 Å². The number of piperidine rings is 1. The van der Waals surface area contributed by atoms with E-state index in [0.29, 0.717) is 34.3 Å². The van der Waals surface area contributed by atoms with Crippen molar-refractivity contribution in [1.29, 1.82) is 0 Å². The summed E-state index contributed by atoms with van der Waals surface area (Å²) in [5.41, 5.74) is 3.76. The minimum absolute atomic E-state index is 0.132. The maximum Gasteiger partial charge on any atom is 0.255 e. The molecule has 0 saturated carbocycles. The Morgan fingerprint density at radius 3 is 2.35 bits per heavy atom. The highest BCUT2D eigenvalue weighted by Crippen LogP contribution is 2.29. The smallest absolute Gasteiger partial charge is 0.255 e. The van der Waals surface area contributed by atoms with Crippen molar-refractivity contribution in [2.45, 2.75) is 26.2 Å². The van der Waals surface area contributed by atoms with Crippen molar-refractivity contribution in [2.75, 3.05) is 29.9 Å². The van der Waals surface area contributed by atoms with E-state index < -0.39 is 0 Å². The zero-order chi connectivity index (χ0) is 23.9. The summed E-state index contributed by atoms with van der Waals surface area (Å²) in [4.78, 5) is 28.2. The third kappa shape index (κ3) is 6.17. The summed E-state index contributed by atoms with van der Waals surface area (Å²) in [5, 5.41) is 6.55. The van der Waals surface area contributed by atoms with Crippen LogP contribution in [0.15, 0.2) is 72.8 Å². The van der Waals surface area contributed by atoms with Gasteiger partial charge in [-0.3, -0.25) is 9.59 Å². The number of rotatable bonds is 7. The molecule has 0 aromatic heterocycles. The van der Waals surface area contributed by atoms with Gasteiger partial charge in [-0.1, -0.05) is 48.9 Å². The molecule has 6 heteroatoms. The van der Waals surface area contributed by atoms with Gasteiger partial charge in [-0.25, -0.2) is 0 Å². The number of hydrogen-bond acceptors (Lipinski definition) is 3. The molecule has 5 nitrogen and oxygen atoms in total. The van der Waals surface area contributed by atoms with Crippen molar-refractivity contribution in [3.63, 3.8) is 0 Å². The minimum Gasteiger partial charge on any atom is -0.371 e. The summed E-state index contributed by atoms with van der Waals surface area (Å²) in [6.45, 7) is 4.65. The first-order chi connectivity index (χ1) is 16.5. The highest BCUT2D eigenvalue weighted by molar-refractivity contribution is 6.30. The van der Waals surface area contributed by atoms with E-state index in [2.05, 4.69) is 34.6 Å². The van der Waals surface area contributed by atoms with Gasteiger partial charge in [0.15, 0.2) is 0 Å². The van der Waals surface area contributed by atoms with Gasteiger partial charge in [0.2, 0.25) is 0 Å². The van der Waals surface area contributed by atoms with E-state index in [9.17, 15) is 9.59 Å². The Balaban J connectivity index is 1.52. The first-order valence-electron chi connectivity index (χ1n) is 11.8. The Labute approximate surface area is 206 Å². The normalized spacial score (nSPS) is 14.0. The van der Waals surface area contributed by atoms with Crippen LogP contribution in [0.3, 0.4) is 0 Å². The summed E-state index contributed by atoms with van der Waals surface area (Å²) < 4.78 is 0. The zero-order valence-electron chi connectivity index (χ0n) is 19.4. The van der Waals surface area contributed by atoms with Crippen molar-refractivity contribution in [1.82, 2.24) is 5.32 Å². The monoisotopic (exact) mass is 475 g/mol. The number of nitrogens with one attached hydrogen (secondary N) is 2. The van der Waals surface area contributed by atoms with Gasteiger partial charge in [0.1, 0.15) is 0 Å². The first-order valence-corrected chi connectivity index (χ1v) is 12.2. The van der Waals surface area contributed by atoms with Crippen LogP contribution in [0.5, 0.6) is 0 Å². The highest BCUT2D eigenvalue weighted by Gasteiger charge is 2.22. The molecule has 0 spiro atoms. The molecule has 2 N–H and O–H groups in total. The number of hydrogen-bond donors (Lipinski definition) is 2. The number of amides is 2. The molecule has 34 heavy (non-hydrogen) atoms. The van der Waals surface area contributed by atoms with E-state index in [4.69, 9.17) is 11.6 Å². The summed E-state index contributed by atoms with van der Waals surface area (Å²) in [6, 6.07) is 22.4. The van der Waals surface area contributed by atoms with Crippen molar-refractivity contribution in [3.05, 3.63) is 94.5 Å². The molecule has 1 fully saturated rings. The van der Waals surface area contributed by atoms with Gasteiger partial charge in [0, 0.05) is 41.6 Å². The van der Waals surface area contributed by atoms with E-state index in [-0.39, 0.29) is 11.8 Å². The standard InChI is InChI=1S/C28H30ClN3O2/c1-20-14-17-32(18-15-20)26-12-11-24(31-27(33)22-7-9-23(29)10-8-22)19-25(26)28(34)30-16-13-21-5-3-2-4-6-21/h2-12,19-20H,13-18H2,1H3,(H,30,34)(H,31,33). The third-order valence-electron chi connectivity index (χ3n) is 6.27. The average Bonchev–Trinajstić information content (AvgIpc) is 2.85. The summed E-state index contributed by atoms with van der Waals surface area (Å²) >= 11 is 5.93. The maximum atomic E-state index is 13.2. The van der Waals surface area contributed by atoms with Gasteiger partial charge in [-0.15, -0.1) is 0 Å². The molecular formula is C28H30ClN3O2. The first kappa shape index (κ1) is 23.8. The predicted molar refractivity (Wildman–Crippen MR) is 139 cm³/mol. The van der Waals surface area contributed by atoms with E-state index in [1.165, 1.54) is 5.56 Å². The average molecular weight is 476 g/mol. The van der Waals surface area contributed by atoms with Crippen molar-refractivity contribution >= 4 is 34.8 Å². The van der Waals surface area contributed by atoms with E-state index in [0.717, 1.165) is 38.0 Å². The molecule has 1 heterocycles. The van der Waals surface area contributed by atoms with Crippen LogP contribution in [-0.2, 0) is 6.42 Å².